The Morgan fingerprint density at radius 2 is 1.77 bits per heavy atom. The molecule has 0 saturated carbocycles. The highest BCUT2D eigenvalue weighted by Gasteiger charge is 2.16. The van der Waals surface area contributed by atoms with E-state index in [0.717, 1.165) is 0 Å². The average Bonchev–Trinajstić information content (AvgIpc) is 2.76. The van der Waals surface area contributed by atoms with E-state index in [4.69, 9.17) is 4.74 Å². The smallest absolute Gasteiger partial charge is 0.258 e. The Morgan fingerprint density at radius 1 is 1.03 bits per heavy atom. The normalized spacial score (nSPS) is 10.7. The number of benzene rings is 2. The number of hydrogen-bond donors (Lipinski definition) is 1. The number of ether oxygens (including phenoxy) is 1. The Hall–Kier alpha value is -3.48. The first-order chi connectivity index (χ1) is 14.5. The Kier molecular flexibility index (Phi) is 6.95. The molecule has 0 bridgehead atoms. The second-order valence-corrected chi connectivity index (χ2v) is 6.82. The van der Waals surface area contributed by atoms with Gasteiger partial charge in [0, 0.05) is 24.9 Å². The molecule has 0 spiro atoms. The van der Waals surface area contributed by atoms with Crippen molar-refractivity contribution in [1.82, 2.24) is 14.9 Å². The second kappa shape index (κ2) is 9.82. The lowest BCUT2D eigenvalue weighted by atomic mass is 10.1. The molecule has 7 heteroatoms. The fourth-order valence-corrected chi connectivity index (χ4v) is 3.19. The molecule has 0 atom stereocenters. The number of H-pyrrole nitrogens is 1. The van der Waals surface area contributed by atoms with Crippen LogP contribution in [0.3, 0.4) is 0 Å². The number of aromatic amines is 1. The predicted octanol–water partition coefficient (Wildman–Crippen LogP) is 3.33. The highest BCUT2D eigenvalue weighted by atomic mass is 16.5. The molecule has 1 heterocycles. The molecule has 7 nitrogen and oxygen atoms in total. The number of nitrogens with one attached hydrogen (secondary N) is 1. The van der Waals surface area contributed by atoms with Gasteiger partial charge in [0.15, 0.2) is 5.78 Å². The van der Waals surface area contributed by atoms with Gasteiger partial charge in [-0.1, -0.05) is 12.1 Å². The molecule has 0 aliphatic rings. The maximum absolute atomic E-state index is 12.6. The number of Topliss-reactive ketones (excluding diaryl/α,β-unsaturated/α-hetero) is 1. The molecule has 0 aliphatic heterocycles. The molecular formula is C23H25N3O4. The average molecular weight is 407 g/mol. The number of para-hydroxylation sites is 1. The van der Waals surface area contributed by atoms with Crippen LogP contribution in [0, 0.1) is 0 Å². The van der Waals surface area contributed by atoms with Gasteiger partial charge in [0.05, 0.1) is 24.1 Å². The minimum atomic E-state index is -0.232. The van der Waals surface area contributed by atoms with Crippen molar-refractivity contribution < 1.29 is 14.3 Å². The summed E-state index contributed by atoms with van der Waals surface area (Å²) < 4.78 is 5.37. The van der Waals surface area contributed by atoms with E-state index >= 15 is 0 Å². The Morgan fingerprint density at radius 3 is 2.47 bits per heavy atom. The second-order valence-electron chi connectivity index (χ2n) is 6.82. The van der Waals surface area contributed by atoms with Gasteiger partial charge in [0.1, 0.15) is 11.6 Å². The summed E-state index contributed by atoms with van der Waals surface area (Å²) in [5, 5.41) is 0.511. The summed E-state index contributed by atoms with van der Waals surface area (Å²) in [4.78, 5) is 46.0. The van der Waals surface area contributed by atoms with Gasteiger partial charge in [-0.05, 0) is 50.2 Å². The van der Waals surface area contributed by atoms with Crippen LogP contribution in [0.15, 0.2) is 53.3 Å². The van der Waals surface area contributed by atoms with E-state index in [-0.39, 0.29) is 36.6 Å². The van der Waals surface area contributed by atoms with Crippen LogP contribution in [0.4, 0.5) is 0 Å². The number of hydrogen-bond acceptors (Lipinski definition) is 5. The lowest BCUT2D eigenvalue weighted by molar-refractivity contribution is -0.131. The van der Waals surface area contributed by atoms with Gasteiger partial charge in [-0.25, -0.2) is 4.98 Å². The third-order valence-electron chi connectivity index (χ3n) is 4.79. The summed E-state index contributed by atoms with van der Waals surface area (Å²) in [6, 6.07) is 14.0. The molecule has 2 aromatic carbocycles. The van der Waals surface area contributed by atoms with E-state index in [9.17, 15) is 14.4 Å². The quantitative estimate of drug-likeness (QED) is 0.549. The van der Waals surface area contributed by atoms with E-state index < -0.39 is 0 Å². The van der Waals surface area contributed by atoms with Crippen molar-refractivity contribution in [3.8, 4) is 5.75 Å². The minimum Gasteiger partial charge on any atom is -0.494 e. The van der Waals surface area contributed by atoms with Crippen LogP contribution in [0.2, 0.25) is 0 Å². The van der Waals surface area contributed by atoms with Crippen LogP contribution in [0.1, 0.15) is 42.9 Å². The molecule has 0 radical (unpaired) electrons. The molecule has 0 unspecified atom stereocenters. The van der Waals surface area contributed by atoms with Gasteiger partial charge in [-0.15, -0.1) is 0 Å². The van der Waals surface area contributed by atoms with E-state index in [1.165, 1.54) is 0 Å². The zero-order valence-electron chi connectivity index (χ0n) is 17.2. The van der Waals surface area contributed by atoms with Crippen molar-refractivity contribution >= 4 is 22.6 Å². The molecule has 1 N–H and O–H groups in total. The number of carbonyl (C=O) groups is 2. The zero-order chi connectivity index (χ0) is 21.5. The van der Waals surface area contributed by atoms with Gasteiger partial charge in [0.2, 0.25) is 5.91 Å². The topological polar surface area (TPSA) is 92.4 Å². The van der Waals surface area contributed by atoms with Crippen LogP contribution in [-0.2, 0) is 11.3 Å². The fourth-order valence-electron chi connectivity index (χ4n) is 3.19. The van der Waals surface area contributed by atoms with Gasteiger partial charge >= 0.3 is 0 Å². The van der Waals surface area contributed by atoms with Crippen LogP contribution in [0.5, 0.6) is 5.75 Å². The summed E-state index contributed by atoms with van der Waals surface area (Å²) in [7, 11) is 0. The Balaban J connectivity index is 1.62. The van der Waals surface area contributed by atoms with Crippen LogP contribution >= 0.6 is 0 Å². The largest absolute Gasteiger partial charge is 0.494 e. The van der Waals surface area contributed by atoms with Crippen molar-refractivity contribution in [3.63, 3.8) is 0 Å². The molecule has 0 aliphatic carbocycles. The first-order valence-corrected chi connectivity index (χ1v) is 10.0. The Bertz CT molecular complexity index is 1090. The minimum absolute atomic E-state index is 0.0949. The van der Waals surface area contributed by atoms with Crippen molar-refractivity contribution in [2.24, 2.45) is 0 Å². The van der Waals surface area contributed by atoms with Crippen LogP contribution in [-0.4, -0.2) is 39.7 Å². The zero-order valence-corrected chi connectivity index (χ0v) is 17.2. The summed E-state index contributed by atoms with van der Waals surface area (Å²) in [6.45, 7) is 4.95. The number of amides is 1. The van der Waals surface area contributed by atoms with E-state index in [1.807, 2.05) is 19.9 Å². The maximum atomic E-state index is 12.6. The summed E-state index contributed by atoms with van der Waals surface area (Å²) in [5.74, 6) is 0.873. The molecule has 3 aromatic rings. The number of ketones is 1. The third-order valence-corrected chi connectivity index (χ3v) is 4.79. The first-order valence-electron chi connectivity index (χ1n) is 10.0. The molecule has 30 heavy (non-hydrogen) atoms. The molecule has 1 amide bonds. The van der Waals surface area contributed by atoms with Gasteiger partial charge in [-0.3, -0.25) is 14.4 Å². The van der Waals surface area contributed by atoms with E-state index in [0.29, 0.717) is 41.2 Å². The van der Waals surface area contributed by atoms with Crippen molar-refractivity contribution in [2.45, 2.75) is 33.2 Å². The van der Waals surface area contributed by atoms with Gasteiger partial charge < -0.3 is 14.6 Å². The summed E-state index contributed by atoms with van der Waals surface area (Å²) in [6.07, 6.45) is 0.211. The van der Waals surface area contributed by atoms with Crippen LogP contribution < -0.4 is 10.3 Å². The lowest BCUT2D eigenvalue weighted by Gasteiger charge is -2.20. The highest BCUT2D eigenvalue weighted by molar-refractivity contribution is 5.98. The molecule has 156 valence electrons. The third kappa shape index (κ3) is 5.11. The van der Waals surface area contributed by atoms with E-state index in [1.54, 1.807) is 47.4 Å². The Labute approximate surface area is 174 Å². The summed E-state index contributed by atoms with van der Waals surface area (Å²) in [5.41, 5.74) is 0.907. The summed E-state index contributed by atoms with van der Waals surface area (Å²) >= 11 is 0. The molecule has 1 aromatic heterocycles. The monoisotopic (exact) mass is 407 g/mol. The van der Waals surface area contributed by atoms with Crippen molar-refractivity contribution in [1.29, 1.82) is 0 Å². The lowest BCUT2D eigenvalue weighted by Crippen LogP contribution is -2.32. The first kappa shape index (κ1) is 21.2. The number of nitrogens with zero attached hydrogens (tertiary/aromatic N) is 2. The number of fused-ring (bicyclic) bond motifs is 1. The van der Waals surface area contributed by atoms with E-state index in [2.05, 4.69) is 9.97 Å². The molecular weight excluding hydrogens is 382 g/mol. The molecule has 0 saturated heterocycles. The number of aromatic nitrogens is 2. The highest BCUT2D eigenvalue weighted by Crippen LogP contribution is 2.15. The molecule has 3 rings (SSSR count). The predicted molar refractivity (Wildman–Crippen MR) is 115 cm³/mol. The number of rotatable bonds is 9. The standard InChI is InChI=1S/C23H25N3O4/c1-3-26(15-21-24-19-8-6-5-7-18(19)23(29)25-21)22(28)14-13-20(27)16-9-11-17(12-10-16)30-4-2/h5-12H,3-4,13-15H2,1-2H3,(H,24,25,29). The van der Waals surface area contributed by atoms with Gasteiger partial charge in [-0.2, -0.15) is 0 Å². The maximum Gasteiger partial charge on any atom is 0.258 e. The fraction of sp³-hybridized carbons (Fsp3) is 0.304. The molecule has 0 fully saturated rings. The SMILES string of the molecule is CCOc1ccc(C(=O)CCC(=O)N(CC)Cc2nc3ccccc3c(=O)[nH]2)cc1. The number of carbonyl (C=O) groups excluding carboxylic acids is 2. The van der Waals surface area contributed by atoms with Crippen LogP contribution in [0.25, 0.3) is 10.9 Å². The van der Waals surface area contributed by atoms with Crippen molar-refractivity contribution in [3.05, 3.63) is 70.3 Å². The van der Waals surface area contributed by atoms with Crippen molar-refractivity contribution in [2.75, 3.05) is 13.2 Å². The van der Waals surface area contributed by atoms with Gasteiger partial charge in [0.25, 0.3) is 5.56 Å².